The summed E-state index contributed by atoms with van der Waals surface area (Å²) >= 11 is 0. The summed E-state index contributed by atoms with van der Waals surface area (Å²) in [6.45, 7) is 4.62. The van der Waals surface area contributed by atoms with Gasteiger partial charge < -0.3 is 23.8 Å². The Bertz CT molecular complexity index is 1330. The molecular weight excluding hydrogens is 811 g/mol. The number of carboxylic acids is 1. The number of quaternary nitrogens is 1. The molecule has 0 spiro atoms. The number of carbonyl (C=O) groups excluding carboxylic acids is 2. The highest BCUT2D eigenvalue weighted by molar-refractivity contribution is 5.72. The summed E-state index contributed by atoms with van der Waals surface area (Å²) in [4.78, 5) is 37.2. The summed E-state index contributed by atoms with van der Waals surface area (Å²) in [7, 11) is 5.52. The van der Waals surface area contributed by atoms with Crippen LogP contribution in [0.4, 0.5) is 0 Å². The van der Waals surface area contributed by atoms with E-state index in [-0.39, 0.29) is 36.2 Å². The minimum atomic E-state index is -0.883. The van der Waals surface area contributed by atoms with E-state index >= 15 is 0 Å². The fraction of sp³-hybridized carbons (Fsp3) is 0.702. The molecule has 0 radical (unpaired) electrons. The van der Waals surface area contributed by atoms with Crippen molar-refractivity contribution in [1.82, 2.24) is 0 Å². The summed E-state index contributed by atoms with van der Waals surface area (Å²) in [5, 5.41) is 9.66. The monoisotopic (exact) mass is 909 g/mol. The highest BCUT2D eigenvalue weighted by atomic mass is 16.6. The molecule has 1 N–H and O–H groups in total. The first-order valence-corrected chi connectivity index (χ1v) is 26.2. The van der Waals surface area contributed by atoms with Crippen LogP contribution in [-0.2, 0) is 28.6 Å². The second-order valence-corrected chi connectivity index (χ2v) is 18.5. The molecule has 0 aliphatic heterocycles. The number of aliphatic carboxylic acids is 1. The van der Waals surface area contributed by atoms with Crippen LogP contribution in [0.3, 0.4) is 0 Å². The van der Waals surface area contributed by atoms with Crippen LogP contribution in [-0.4, -0.2) is 80.6 Å². The second-order valence-electron chi connectivity index (χ2n) is 18.5. The molecule has 0 aromatic carbocycles. The van der Waals surface area contributed by atoms with Gasteiger partial charge in [0.15, 0.2) is 12.1 Å². The minimum Gasteiger partial charge on any atom is -0.477 e. The number of carboxylic acid groups (broad SMARTS) is 1. The van der Waals surface area contributed by atoms with Gasteiger partial charge in [0, 0.05) is 19.3 Å². The highest BCUT2D eigenvalue weighted by Crippen LogP contribution is 2.14. The lowest BCUT2D eigenvalue weighted by molar-refractivity contribution is -0.887. The maximum Gasteiger partial charge on any atom is 0.362 e. The van der Waals surface area contributed by atoms with Crippen molar-refractivity contribution in [2.45, 2.75) is 219 Å². The molecule has 2 unspecified atom stereocenters. The summed E-state index contributed by atoms with van der Waals surface area (Å²) in [5.41, 5.74) is 0. The number of ether oxygens (including phenoxy) is 3. The fourth-order valence-electron chi connectivity index (χ4n) is 7.33. The number of unbranched alkanes of at least 4 members (excludes halogenated alkanes) is 22. The summed E-state index contributed by atoms with van der Waals surface area (Å²) in [6.07, 6.45) is 62.0. The van der Waals surface area contributed by atoms with Gasteiger partial charge in [0.2, 0.25) is 0 Å². The normalized spacial score (nSPS) is 13.6. The number of esters is 2. The Hall–Kier alpha value is -3.49. The molecule has 0 aromatic rings. The lowest BCUT2D eigenvalue weighted by atomic mass is 10.1. The van der Waals surface area contributed by atoms with Crippen molar-refractivity contribution in [3.8, 4) is 0 Å². The molecule has 65 heavy (non-hydrogen) atoms. The predicted octanol–water partition coefficient (Wildman–Crippen LogP) is 15.3. The zero-order valence-electron chi connectivity index (χ0n) is 42.4. The van der Waals surface area contributed by atoms with Gasteiger partial charge in [0.05, 0.1) is 34.4 Å². The van der Waals surface area contributed by atoms with E-state index < -0.39 is 18.1 Å². The van der Waals surface area contributed by atoms with Gasteiger partial charge in [-0.05, 0) is 64.2 Å². The topological polar surface area (TPSA) is 99.1 Å². The molecule has 0 aromatic heterocycles. The molecule has 0 aliphatic rings. The zero-order valence-corrected chi connectivity index (χ0v) is 42.4. The van der Waals surface area contributed by atoms with Gasteiger partial charge in [-0.3, -0.25) is 9.59 Å². The second kappa shape index (κ2) is 47.0. The first kappa shape index (κ1) is 61.5. The standard InChI is InChI=1S/C57H97NO7/c1-6-8-10-12-14-16-18-20-22-24-26-27-28-29-30-32-33-35-37-39-41-43-45-47-55(59)64-52-53(51-63-50-49-54(57(61)62)58(3,4)5)65-56(60)48-46-44-42-40-38-36-34-31-25-23-21-19-17-15-13-11-9-7-2/h11,13,15,17,19,21,23,25-27,29-31,34,53-54H,6-10,12,14,16,18,20,22,24,28,32-33,35-52H2,1-5H3/p+1/b13-11+,17-15+,21-19+,25-23+,27-26+,30-29+,34-31+. The summed E-state index contributed by atoms with van der Waals surface area (Å²) in [6, 6.07) is -0.626. The molecule has 0 saturated heterocycles. The molecular formula is C57H98NO7+. The number of carbonyl (C=O) groups is 3. The third kappa shape index (κ3) is 45.5. The van der Waals surface area contributed by atoms with E-state index in [1.807, 2.05) is 57.6 Å². The Balaban J connectivity index is 4.30. The lowest BCUT2D eigenvalue weighted by Crippen LogP contribution is -2.50. The largest absolute Gasteiger partial charge is 0.477 e. The number of rotatable bonds is 46. The Morgan fingerprint density at radius 2 is 0.908 bits per heavy atom. The third-order valence-electron chi connectivity index (χ3n) is 11.4. The first-order valence-electron chi connectivity index (χ1n) is 26.2. The van der Waals surface area contributed by atoms with Gasteiger partial charge in [0.25, 0.3) is 0 Å². The zero-order chi connectivity index (χ0) is 47.7. The number of likely N-dealkylation sites (N-methyl/N-ethyl adjacent to an activating group) is 1. The smallest absolute Gasteiger partial charge is 0.362 e. The van der Waals surface area contributed by atoms with Crippen LogP contribution < -0.4 is 0 Å². The van der Waals surface area contributed by atoms with Crippen LogP contribution in [0.15, 0.2) is 85.1 Å². The van der Waals surface area contributed by atoms with Crippen molar-refractivity contribution in [3.05, 3.63) is 85.1 Å². The number of allylic oxidation sites excluding steroid dienone is 14. The number of hydrogen-bond donors (Lipinski definition) is 1. The van der Waals surface area contributed by atoms with E-state index in [1.54, 1.807) is 0 Å². The number of hydrogen-bond acceptors (Lipinski definition) is 6. The van der Waals surface area contributed by atoms with E-state index in [4.69, 9.17) is 14.2 Å². The van der Waals surface area contributed by atoms with Crippen LogP contribution in [0, 0.1) is 0 Å². The maximum atomic E-state index is 12.8. The SMILES string of the molecule is CCC/C=C/C=C/C=C/C=C/C=C/CCCCCCCC(=O)OC(COCCC(C(=O)O)[N+](C)(C)C)COC(=O)CCCCCCCCC/C=C/C/C=C/CCCCCCCCCCC. The minimum absolute atomic E-state index is 0.0432. The van der Waals surface area contributed by atoms with E-state index in [0.29, 0.717) is 19.3 Å². The van der Waals surface area contributed by atoms with Crippen molar-refractivity contribution in [1.29, 1.82) is 0 Å². The summed E-state index contributed by atoms with van der Waals surface area (Å²) < 4.78 is 17.3. The lowest BCUT2D eigenvalue weighted by Gasteiger charge is -2.31. The van der Waals surface area contributed by atoms with Crippen LogP contribution in [0.2, 0.25) is 0 Å². The van der Waals surface area contributed by atoms with Crippen LogP contribution in [0.5, 0.6) is 0 Å². The Kier molecular flexibility index (Phi) is 44.5. The van der Waals surface area contributed by atoms with Crippen molar-refractivity contribution < 1.29 is 38.2 Å². The first-order chi connectivity index (χ1) is 31.6. The molecule has 8 nitrogen and oxygen atoms in total. The van der Waals surface area contributed by atoms with Crippen LogP contribution in [0.25, 0.3) is 0 Å². The van der Waals surface area contributed by atoms with Gasteiger partial charge in [0.1, 0.15) is 6.61 Å². The van der Waals surface area contributed by atoms with E-state index in [1.165, 1.54) is 96.3 Å². The molecule has 0 saturated carbocycles. The van der Waals surface area contributed by atoms with Crippen LogP contribution in [0.1, 0.15) is 206 Å². The fourth-order valence-corrected chi connectivity index (χ4v) is 7.33. The number of nitrogens with zero attached hydrogens (tertiary/aromatic N) is 1. The summed E-state index contributed by atoms with van der Waals surface area (Å²) in [5.74, 6) is -1.51. The quantitative estimate of drug-likeness (QED) is 0.0213. The van der Waals surface area contributed by atoms with Crippen molar-refractivity contribution >= 4 is 17.9 Å². The molecule has 0 aliphatic carbocycles. The van der Waals surface area contributed by atoms with Gasteiger partial charge >= 0.3 is 17.9 Å². The highest BCUT2D eigenvalue weighted by Gasteiger charge is 2.31. The maximum absolute atomic E-state index is 12.8. The molecule has 0 bridgehead atoms. The molecule has 0 rings (SSSR count). The predicted molar refractivity (Wildman–Crippen MR) is 275 cm³/mol. The Morgan fingerprint density at radius 3 is 1.38 bits per heavy atom. The van der Waals surface area contributed by atoms with Crippen molar-refractivity contribution in [2.24, 2.45) is 0 Å². The molecule has 8 heteroatoms. The average molecular weight is 909 g/mol. The average Bonchev–Trinajstić information content (AvgIpc) is 3.27. The van der Waals surface area contributed by atoms with Gasteiger partial charge in [-0.15, -0.1) is 0 Å². The van der Waals surface area contributed by atoms with E-state index in [2.05, 4.69) is 62.5 Å². The molecule has 2 atom stereocenters. The Labute approximate surface area is 399 Å². The molecule has 372 valence electrons. The molecule has 0 amide bonds. The Morgan fingerprint density at radius 1 is 0.477 bits per heavy atom. The molecule has 0 fully saturated rings. The van der Waals surface area contributed by atoms with Crippen molar-refractivity contribution in [2.75, 3.05) is 41.0 Å². The van der Waals surface area contributed by atoms with E-state index in [9.17, 15) is 19.5 Å². The van der Waals surface area contributed by atoms with Gasteiger partial charge in [-0.25, -0.2) is 4.79 Å². The van der Waals surface area contributed by atoms with E-state index in [0.717, 1.165) is 77.0 Å². The van der Waals surface area contributed by atoms with Gasteiger partial charge in [-0.1, -0.05) is 208 Å². The third-order valence-corrected chi connectivity index (χ3v) is 11.4. The van der Waals surface area contributed by atoms with Crippen LogP contribution >= 0.6 is 0 Å². The van der Waals surface area contributed by atoms with Crippen molar-refractivity contribution in [3.63, 3.8) is 0 Å². The van der Waals surface area contributed by atoms with Gasteiger partial charge in [-0.2, -0.15) is 0 Å². The molecule has 0 heterocycles.